The van der Waals surface area contributed by atoms with Crippen molar-refractivity contribution in [2.45, 2.75) is 45.7 Å². The van der Waals surface area contributed by atoms with Gasteiger partial charge in [-0.05, 0) is 34.1 Å². The van der Waals surface area contributed by atoms with E-state index in [0.29, 0.717) is 6.42 Å². The number of aromatic nitrogens is 2. The summed E-state index contributed by atoms with van der Waals surface area (Å²) in [7, 11) is 1.35. The lowest BCUT2D eigenvalue weighted by Gasteiger charge is -2.26. The SMILES string of the molecule is COC(=O)C(C)(N)CC(C)n1cnc(C)c1C. The van der Waals surface area contributed by atoms with E-state index in [1.807, 2.05) is 25.3 Å². The van der Waals surface area contributed by atoms with Crippen LogP contribution in [-0.4, -0.2) is 28.2 Å². The van der Waals surface area contributed by atoms with Crippen molar-refractivity contribution < 1.29 is 9.53 Å². The van der Waals surface area contributed by atoms with Crippen molar-refractivity contribution in [2.75, 3.05) is 7.11 Å². The zero-order valence-corrected chi connectivity index (χ0v) is 11.2. The van der Waals surface area contributed by atoms with Crippen molar-refractivity contribution in [3.05, 3.63) is 17.7 Å². The second-order valence-electron chi connectivity index (χ2n) is 4.78. The Bertz CT molecular complexity index is 410. The van der Waals surface area contributed by atoms with Gasteiger partial charge in [0.1, 0.15) is 5.54 Å². The van der Waals surface area contributed by atoms with Crippen LogP contribution in [-0.2, 0) is 9.53 Å². The molecule has 2 N–H and O–H groups in total. The van der Waals surface area contributed by atoms with Gasteiger partial charge in [0.2, 0.25) is 0 Å². The number of nitrogens with two attached hydrogens (primary N) is 1. The monoisotopic (exact) mass is 239 g/mol. The fourth-order valence-electron chi connectivity index (χ4n) is 1.99. The summed E-state index contributed by atoms with van der Waals surface area (Å²) in [5, 5.41) is 0. The summed E-state index contributed by atoms with van der Waals surface area (Å²) in [6.07, 6.45) is 2.29. The van der Waals surface area contributed by atoms with E-state index < -0.39 is 5.54 Å². The van der Waals surface area contributed by atoms with Gasteiger partial charge >= 0.3 is 5.97 Å². The summed E-state index contributed by atoms with van der Waals surface area (Å²) in [5.74, 6) is -0.390. The standard InChI is InChI=1S/C12H21N3O2/c1-8(6-12(4,13)11(16)17-5)15-7-14-9(2)10(15)3/h7-8H,6,13H2,1-5H3. The third-order valence-corrected chi connectivity index (χ3v) is 3.13. The Balaban J connectivity index is 2.82. The minimum absolute atomic E-state index is 0.102. The molecule has 96 valence electrons. The molecule has 2 atom stereocenters. The molecule has 0 fully saturated rings. The van der Waals surface area contributed by atoms with E-state index in [2.05, 4.69) is 4.98 Å². The third kappa shape index (κ3) is 2.85. The number of methoxy groups -OCH3 is 1. The van der Waals surface area contributed by atoms with Gasteiger partial charge in [0.05, 0.1) is 19.1 Å². The molecular formula is C12H21N3O2. The Hall–Kier alpha value is -1.36. The molecule has 0 amide bonds. The molecular weight excluding hydrogens is 218 g/mol. The minimum Gasteiger partial charge on any atom is -0.468 e. The maximum atomic E-state index is 11.5. The highest BCUT2D eigenvalue weighted by Crippen LogP contribution is 2.22. The molecule has 1 heterocycles. The zero-order valence-electron chi connectivity index (χ0n) is 11.2. The number of imidazole rings is 1. The minimum atomic E-state index is -0.973. The number of hydrogen-bond acceptors (Lipinski definition) is 4. The van der Waals surface area contributed by atoms with E-state index in [1.54, 1.807) is 13.3 Å². The van der Waals surface area contributed by atoms with Crippen molar-refractivity contribution in [1.29, 1.82) is 0 Å². The fourth-order valence-corrected chi connectivity index (χ4v) is 1.99. The molecule has 0 aliphatic heterocycles. The van der Waals surface area contributed by atoms with Gasteiger partial charge in [0.25, 0.3) is 0 Å². The van der Waals surface area contributed by atoms with Crippen LogP contribution in [0, 0.1) is 13.8 Å². The summed E-state index contributed by atoms with van der Waals surface area (Å²) in [6.45, 7) is 7.67. The quantitative estimate of drug-likeness (QED) is 0.805. The van der Waals surface area contributed by atoms with Crippen LogP contribution < -0.4 is 5.73 Å². The molecule has 5 heteroatoms. The Kier molecular flexibility index (Phi) is 3.93. The largest absolute Gasteiger partial charge is 0.468 e. The second-order valence-corrected chi connectivity index (χ2v) is 4.78. The lowest BCUT2D eigenvalue weighted by atomic mass is 9.95. The molecule has 0 aromatic carbocycles. The highest BCUT2D eigenvalue weighted by molar-refractivity contribution is 5.79. The van der Waals surface area contributed by atoms with E-state index in [1.165, 1.54) is 7.11 Å². The van der Waals surface area contributed by atoms with Crippen molar-refractivity contribution in [3.63, 3.8) is 0 Å². The number of esters is 1. The first kappa shape index (κ1) is 13.7. The van der Waals surface area contributed by atoms with Crippen LogP contribution in [0.1, 0.15) is 37.7 Å². The van der Waals surface area contributed by atoms with Crippen LogP contribution in [0.2, 0.25) is 0 Å². The number of nitrogens with zero attached hydrogens (tertiary/aromatic N) is 2. The highest BCUT2D eigenvalue weighted by Gasteiger charge is 2.32. The van der Waals surface area contributed by atoms with E-state index in [9.17, 15) is 4.79 Å². The van der Waals surface area contributed by atoms with Crippen molar-refractivity contribution >= 4 is 5.97 Å². The molecule has 2 unspecified atom stereocenters. The molecule has 0 spiro atoms. The summed E-state index contributed by atoms with van der Waals surface area (Å²) in [4.78, 5) is 15.8. The number of hydrogen-bond donors (Lipinski definition) is 1. The number of ether oxygens (including phenoxy) is 1. The van der Waals surface area contributed by atoms with Gasteiger partial charge in [-0.1, -0.05) is 0 Å². The molecule has 0 aliphatic rings. The van der Waals surface area contributed by atoms with Gasteiger partial charge in [-0.3, -0.25) is 4.79 Å². The van der Waals surface area contributed by atoms with Crippen molar-refractivity contribution in [3.8, 4) is 0 Å². The average molecular weight is 239 g/mol. The normalized spacial score (nSPS) is 16.4. The van der Waals surface area contributed by atoms with Crippen LogP contribution in [0.4, 0.5) is 0 Å². The predicted molar refractivity (Wildman–Crippen MR) is 65.6 cm³/mol. The van der Waals surface area contributed by atoms with Crippen LogP contribution >= 0.6 is 0 Å². The Labute approximate surface area is 102 Å². The fraction of sp³-hybridized carbons (Fsp3) is 0.667. The van der Waals surface area contributed by atoms with Crippen LogP contribution in [0.5, 0.6) is 0 Å². The molecule has 5 nitrogen and oxygen atoms in total. The third-order valence-electron chi connectivity index (χ3n) is 3.13. The number of aryl methyl sites for hydroxylation is 1. The lowest BCUT2D eigenvalue weighted by Crippen LogP contribution is -2.47. The highest BCUT2D eigenvalue weighted by atomic mass is 16.5. The van der Waals surface area contributed by atoms with Gasteiger partial charge in [-0.2, -0.15) is 0 Å². The molecule has 1 aromatic heterocycles. The summed E-state index contributed by atoms with van der Waals surface area (Å²) >= 11 is 0. The molecule has 0 saturated carbocycles. The maximum absolute atomic E-state index is 11.5. The van der Waals surface area contributed by atoms with Gasteiger partial charge in [0, 0.05) is 11.7 Å². The van der Waals surface area contributed by atoms with Crippen LogP contribution in [0.25, 0.3) is 0 Å². The van der Waals surface area contributed by atoms with Gasteiger partial charge in [-0.15, -0.1) is 0 Å². The average Bonchev–Trinajstić information content (AvgIpc) is 2.58. The Morgan fingerprint density at radius 2 is 2.24 bits per heavy atom. The maximum Gasteiger partial charge on any atom is 0.325 e. The van der Waals surface area contributed by atoms with Gasteiger partial charge in [0.15, 0.2) is 0 Å². The van der Waals surface area contributed by atoms with Crippen molar-refractivity contribution in [2.24, 2.45) is 5.73 Å². The molecule has 0 aliphatic carbocycles. The van der Waals surface area contributed by atoms with Crippen LogP contribution in [0.15, 0.2) is 6.33 Å². The van der Waals surface area contributed by atoms with E-state index in [4.69, 9.17) is 10.5 Å². The van der Waals surface area contributed by atoms with Gasteiger partial charge < -0.3 is 15.0 Å². The first-order valence-electron chi connectivity index (χ1n) is 5.67. The smallest absolute Gasteiger partial charge is 0.325 e. The lowest BCUT2D eigenvalue weighted by molar-refractivity contribution is -0.147. The van der Waals surface area contributed by atoms with E-state index >= 15 is 0 Å². The van der Waals surface area contributed by atoms with Crippen LogP contribution in [0.3, 0.4) is 0 Å². The number of carbonyl (C=O) groups excluding carboxylic acids is 1. The summed E-state index contributed by atoms with van der Waals surface area (Å²) in [5.41, 5.74) is 7.07. The van der Waals surface area contributed by atoms with Crippen molar-refractivity contribution in [1.82, 2.24) is 9.55 Å². The molecule has 17 heavy (non-hydrogen) atoms. The molecule has 1 aromatic rings. The molecule has 1 rings (SSSR count). The zero-order chi connectivity index (χ0) is 13.2. The first-order chi connectivity index (χ1) is 7.79. The summed E-state index contributed by atoms with van der Waals surface area (Å²) < 4.78 is 6.73. The predicted octanol–water partition coefficient (Wildman–Crippen LogP) is 1.34. The van der Waals surface area contributed by atoms with E-state index in [-0.39, 0.29) is 12.0 Å². The molecule has 0 radical (unpaired) electrons. The topological polar surface area (TPSA) is 70.1 Å². The number of carbonyl (C=O) groups is 1. The van der Waals surface area contributed by atoms with E-state index in [0.717, 1.165) is 11.4 Å². The molecule has 0 saturated heterocycles. The second kappa shape index (κ2) is 4.87. The molecule has 0 bridgehead atoms. The number of rotatable bonds is 4. The van der Waals surface area contributed by atoms with Gasteiger partial charge in [-0.25, -0.2) is 4.98 Å². The summed E-state index contributed by atoms with van der Waals surface area (Å²) in [6, 6.07) is 0.102. The Morgan fingerprint density at radius 3 is 2.65 bits per heavy atom. The first-order valence-corrected chi connectivity index (χ1v) is 5.67. The Morgan fingerprint density at radius 1 is 1.65 bits per heavy atom.